The van der Waals surface area contributed by atoms with Crippen LogP contribution in [-0.2, 0) is 6.18 Å². The molecule has 0 unspecified atom stereocenters. The standard InChI is InChI=1S/C9H5F3N4O2/c10-9(11,12)6-2-13-3-7(15-6)16-4-5(1-14-16)8(17)18/h1-4H,(H,17,18). The highest BCUT2D eigenvalue weighted by molar-refractivity contribution is 5.86. The number of hydrogen-bond acceptors (Lipinski definition) is 4. The summed E-state index contributed by atoms with van der Waals surface area (Å²) in [6, 6.07) is 0. The summed E-state index contributed by atoms with van der Waals surface area (Å²) in [6.45, 7) is 0. The molecular formula is C9H5F3N4O2. The first-order valence-electron chi connectivity index (χ1n) is 4.55. The van der Waals surface area contributed by atoms with Gasteiger partial charge in [0.1, 0.15) is 0 Å². The van der Waals surface area contributed by atoms with E-state index in [0.717, 1.165) is 23.3 Å². The van der Waals surface area contributed by atoms with E-state index in [1.165, 1.54) is 0 Å². The van der Waals surface area contributed by atoms with Gasteiger partial charge < -0.3 is 5.11 Å². The molecule has 0 saturated heterocycles. The molecule has 0 bridgehead atoms. The SMILES string of the molecule is O=C(O)c1cnn(-c2cncc(C(F)(F)F)n2)c1. The highest BCUT2D eigenvalue weighted by Crippen LogP contribution is 2.27. The van der Waals surface area contributed by atoms with Crippen molar-refractivity contribution in [1.82, 2.24) is 19.7 Å². The molecule has 2 rings (SSSR count). The van der Waals surface area contributed by atoms with Crippen LogP contribution in [0.2, 0.25) is 0 Å². The van der Waals surface area contributed by atoms with Crippen molar-refractivity contribution >= 4 is 5.97 Å². The molecule has 0 amide bonds. The number of carbonyl (C=O) groups is 1. The second-order valence-electron chi connectivity index (χ2n) is 3.24. The Labute approximate surface area is 97.7 Å². The van der Waals surface area contributed by atoms with E-state index >= 15 is 0 Å². The third-order valence-corrected chi connectivity index (χ3v) is 1.98. The summed E-state index contributed by atoms with van der Waals surface area (Å²) < 4.78 is 38.1. The van der Waals surface area contributed by atoms with Gasteiger partial charge in [-0.3, -0.25) is 4.98 Å². The van der Waals surface area contributed by atoms with Crippen molar-refractivity contribution in [2.75, 3.05) is 0 Å². The van der Waals surface area contributed by atoms with Gasteiger partial charge in [-0.2, -0.15) is 18.3 Å². The normalized spacial score (nSPS) is 11.5. The molecule has 2 aromatic rings. The minimum Gasteiger partial charge on any atom is -0.478 e. The molecule has 6 nitrogen and oxygen atoms in total. The van der Waals surface area contributed by atoms with Gasteiger partial charge in [0.15, 0.2) is 11.5 Å². The van der Waals surface area contributed by atoms with Gasteiger partial charge in [-0.15, -0.1) is 0 Å². The zero-order valence-electron chi connectivity index (χ0n) is 8.59. The average molecular weight is 258 g/mol. The Morgan fingerprint density at radius 3 is 2.56 bits per heavy atom. The molecule has 0 saturated carbocycles. The van der Waals surface area contributed by atoms with Gasteiger partial charge in [0.2, 0.25) is 0 Å². The summed E-state index contributed by atoms with van der Waals surface area (Å²) >= 11 is 0. The summed E-state index contributed by atoms with van der Waals surface area (Å²) in [6.07, 6.45) is -0.943. The molecule has 0 aliphatic rings. The van der Waals surface area contributed by atoms with Crippen molar-refractivity contribution < 1.29 is 23.1 Å². The number of nitrogens with zero attached hydrogens (tertiary/aromatic N) is 4. The van der Waals surface area contributed by atoms with E-state index in [2.05, 4.69) is 15.1 Å². The van der Waals surface area contributed by atoms with Crippen molar-refractivity contribution in [3.05, 3.63) is 36.0 Å². The van der Waals surface area contributed by atoms with E-state index in [1.54, 1.807) is 0 Å². The molecule has 0 radical (unpaired) electrons. The van der Waals surface area contributed by atoms with Gasteiger partial charge in [-0.1, -0.05) is 0 Å². The van der Waals surface area contributed by atoms with Gasteiger partial charge in [0.25, 0.3) is 0 Å². The number of hydrogen-bond donors (Lipinski definition) is 1. The van der Waals surface area contributed by atoms with Gasteiger partial charge in [0.05, 0.1) is 24.2 Å². The minimum atomic E-state index is -4.62. The van der Waals surface area contributed by atoms with Crippen LogP contribution in [0.5, 0.6) is 0 Å². The quantitative estimate of drug-likeness (QED) is 0.880. The van der Waals surface area contributed by atoms with E-state index in [-0.39, 0.29) is 11.4 Å². The van der Waals surface area contributed by atoms with Crippen LogP contribution in [0.3, 0.4) is 0 Å². The number of halogens is 3. The number of alkyl halides is 3. The molecule has 0 fully saturated rings. The van der Waals surface area contributed by atoms with Crippen LogP contribution in [-0.4, -0.2) is 30.8 Å². The Kier molecular flexibility index (Phi) is 2.73. The summed E-state index contributed by atoms with van der Waals surface area (Å²) in [5.74, 6) is -1.45. The van der Waals surface area contributed by atoms with E-state index < -0.39 is 17.8 Å². The molecule has 0 aliphatic carbocycles. The second kappa shape index (κ2) is 4.09. The van der Waals surface area contributed by atoms with Crippen molar-refractivity contribution in [2.24, 2.45) is 0 Å². The lowest BCUT2D eigenvalue weighted by molar-refractivity contribution is -0.141. The van der Waals surface area contributed by atoms with Crippen LogP contribution >= 0.6 is 0 Å². The Balaban J connectivity index is 2.41. The van der Waals surface area contributed by atoms with Crippen molar-refractivity contribution in [3.63, 3.8) is 0 Å². The molecule has 18 heavy (non-hydrogen) atoms. The molecule has 0 atom stereocenters. The van der Waals surface area contributed by atoms with Crippen LogP contribution in [0, 0.1) is 0 Å². The lowest BCUT2D eigenvalue weighted by Crippen LogP contribution is -2.11. The van der Waals surface area contributed by atoms with E-state index in [0.29, 0.717) is 6.20 Å². The zero-order chi connectivity index (χ0) is 13.3. The molecule has 94 valence electrons. The molecule has 1 N–H and O–H groups in total. The van der Waals surface area contributed by atoms with Gasteiger partial charge in [-0.05, 0) is 0 Å². The monoisotopic (exact) mass is 258 g/mol. The smallest absolute Gasteiger partial charge is 0.434 e. The number of aromatic nitrogens is 4. The molecule has 2 aromatic heterocycles. The fraction of sp³-hybridized carbons (Fsp3) is 0.111. The van der Waals surface area contributed by atoms with Crippen LogP contribution in [0.1, 0.15) is 16.1 Å². The van der Waals surface area contributed by atoms with E-state index in [1.807, 2.05) is 0 Å². The van der Waals surface area contributed by atoms with E-state index in [9.17, 15) is 18.0 Å². The first-order valence-corrected chi connectivity index (χ1v) is 4.55. The topological polar surface area (TPSA) is 80.9 Å². The lowest BCUT2D eigenvalue weighted by Gasteiger charge is -2.06. The van der Waals surface area contributed by atoms with Crippen molar-refractivity contribution in [3.8, 4) is 5.82 Å². The van der Waals surface area contributed by atoms with Crippen LogP contribution in [0.4, 0.5) is 13.2 Å². The lowest BCUT2D eigenvalue weighted by atomic mass is 10.4. The number of aromatic carboxylic acids is 1. The Morgan fingerprint density at radius 1 is 1.28 bits per heavy atom. The maximum absolute atomic E-state index is 12.4. The van der Waals surface area contributed by atoms with Crippen LogP contribution in [0.25, 0.3) is 5.82 Å². The predicted octanol–water partition coefficient (Wildman–Crippen LogP) is 1.38. The second-order valence-corrected chi connectivity index (χ2v) is 3.24. The minimum absolute atomic E-state index is 0.158. The van der Waals surface area contributed by atoms with Crippen LogP contribution < -0.4 is 0 Å². The van der Waals surface area contributed by atoms with E-state index in [4.69, 9.17) is 5.11 Å². The summed E-state index contributed by atoms with van der Waals surface area (Å²) in [7, 11) is 0. The largest absolute Gasteiger partial charge is 0.478 e. The fourth-order valence-corrected chi connectivity index (χ4v) is 1.16. The Bertz CT molecular complexity index is 593. The summed E-state index contributed by atoms with van der Waals surface area (Å²) in [5.41, 5.74) is -1.33. The van der Waals surface area contributed by atoms with Crippen molar-refractivity contribution in [2.45, 2.75) is 6.18 Å². The van der Waals surface area contributed by atoms with Crippen LogP contribution in [0.15, 0.2) is 24.8 Å². The van der Waals surface area contributed by atoms with Gasteiger partial charge in [0, 0.05) is 6.20 Å². The number of carboxylic acid groups (broad SMARTS) is 1. The third-order valence-electron chi connectivity index (χ3n) is 1.98. The molecule has 0 spiro atoms. The molecule has 2 heterocycles. The number of rotatable bonds is 2. The maximum atomic E-state index is 12.4. The fourth-order valence-electron chi connectivity index (χ4n) is 1.16. The summed E-state index contributed by atoms with van der Waals surface area (Å²) in [4.78, 5) is 17.3. The van der Waals surface area contributed by atoms with Gasteiger partial charge in [-0.25, -0.2) is 14.5 Å². The highest BCUT2D eigenvalue weighted by Gasteiger charge is 2.33. The molecular weight excluding hydrogens is 253 g/mol. The molecule has 0 aromatic carbocycles. The Morgan fingerprint density at radius 2 is 2.00 bits per heavy atom. The zero-order valence-corrected chi connectivity index (χ0v) is 8.59. The van der Waals surface area contributed by atoms with Gasteiger partial charge >= 0.3 is 12.1 Å². The average Bonchev–Trinajstić information content (AvgIpc) is 2.77. The summed E-state index contributed by atoms with van der Waals surface area (Å²) in [5, 5.41) is 12.3. The van der Waals surface area contributed by atoms with Crippen molar-refractivity contribution in [1.29, 1.82) is 0 Å². The number of carboxylic acids is 1. The predicted molar refractivity (Wildman–Crippen MR) is 51.1 cm³/mol. The Hall–Kier alpha value is -2.45. The highest BCUT2D eigenvalue weighted by atomic mass is 19.4. The molecule has 9 heteroatoms. The maximum Gasteiger partial charge on any atom is 0.434 e. The molecule has 0 aliphatic heterocycles. The third kappa shape index (κ3) is 2.29. The first kappa shape index (κ1) is 12.0. The first-order chi connectivity index (χ1) is 8.38.